The summed E-state index contributed by atoms with van der Waals surface area (Å²) in [6.07, 6.45) is 15.1. The number of rotatable bonds is 1. The Morgan fingerprint density at radius 2 is 1.53 bits per heavy atom. The lowest BCUT2D eigenvalue weighted by atomic mass is 9.74. The summed E-state index contributed by atoms with van der Waals surface area (Å²) in [7, 11) is 0. The molecule has 3 saturated carbocycles. The van der Waals surface area contributed by atoms with Crippen LogP contribution in [0.15, 0.2) is 0 Å². The van der Waals surface area contributed by atoms with Crippen LogP contribution in [0.4, 0.5) is 0 Å². The van der Waals surface area contributed by atoms with Crippen molar-refractivity contribution < 1.29 is 0 Å². The van der Waals surface area contributed by atoms with E-state index in [1.165, 1.54) is 64.2 Å². The first-order valence-corrected chi connectivity index (χ1v) is 7.22. The minimum Gasteiger partial charge on any atom is -0.0649 e. The molecule has 3 aliphatic rings. The van der Waals surface area contributed by atoms with E-state index in [9.17, 15) is 0 Å². The maximum atomic E-state index is 2.55. The lowest BCUT2D eigenvalue weighted by Gasteiger charge is -2.31. The zero-order valence-electron chi connectivity index (χ0n) is 10.7. The van der Waals surface area contributed by atoms with Crippen LogP contribution >= 0.6 is 0 Å². The van der Waals surface area contributed by atoms with Gasteiger partial charge in [0.2, 0.25) is 0 Å². The molecular formula is C15H28. The second kappa shape index (κ2) is 4.89. The van der Waals surface area contributed by atoms with Crippen molar-refractivity contribution in [1.29, 1.82) is 0 Å². The third kappa shape index (κ3) is 2.98. The predicted molar refractivity (Wildman–Crippen MR) is 66.9 cm³/mol. The summed E-state index contributed by atoms with van der Waals surface area (Å²) in [6, 6.07) is 0. The Morgan fingerprint density at radius 3 is 2.13 bits per heavy atom. The molecule has 0 N–H and O–H groups in total. The Labute approximate surface area is 95.8 Å². The van der Waals surface area contributed by atoms with Gasteiger partial charge in [0, 0.05) is 0 Å². The summed E-state index contributed by atoms with van der Waals surface area (Å²) in [5.74, 6) is 2.14. The second-order valence-electron chi connectivity index (χ2n) is 6.50. The maximum Gasteiger partial charge on any atom is -0.0326 e. The Morgan fingerprint density at radius 1 is 0.933 bits per heavy atom. The molecule has 3 rings (SSSR count). The van der Waals surface area contributed by atoms with Crippen LogP contribution in [0.2, 0.25) is 0 Å². The van der Waals surface area contributed by atoms with Crippen molar-refractivity contribution in [2.24, 2.45) is 17.3 Å². The Kier molecular flexibility index (Phi) is 3.74. The van der Waals surface area contributed by atoms with Gasteiger partial charge in [-0.25, -0.2) is 0 Å². The molecule has 0 amide bonds. The van der Waals surface area contributed by atoms with Crippen LogP contribution in [0.3, 0.4) is 0 Å². The molecule has 0 aliphatic heterocycles. The number of hydrogen-bond acceptors (Lipinski definition) is 0. The van der Waals surface area contributed by atoms with Gasteiger partial charge in [-0.1, -0.05) is 58.8 Å². The standard InChI is InChI=1S/C15H28/c1-3-15(2)11-10-13-6-4-8-14(12-15)9-5-7-13/h13-14H,3-12H2,1-2H3. The van der Waals surface area contributed by atoms with Gasteiger partial charge in [0.1, 0.15) is 0 Å². The van der Waals surface area contributed by atoms with E-state index in [2.05, 4.69) is 13.8 Å². The van der Waals surface area contributed by atoms with Crippen molar-refractivity contribution in [3.63, 3.8) is 0 Å². The molecule has 0 heteroatoms. The van der Waals surface area contributed by atoms with Gasteiger partial charge >= 0.3 is 0 Å². The topological polar surface area (TPSA) is 0 Å². The molecule has 15 heavy (non-hydrogen) atoms. The third-order valence-electron chi connectivity index (χ3n) is 5.24. The lowest BCUT2D eigenvalue weighted by molar-refractivity contribution is 0.203. The zero-order chi connectivity index (χ0) is 10.7. The average Bonchev–Trinajstić information content (AvgIpc) is 2.31. The molecule has 88 valence electrons. The van der Waals surface area contributed by atoms with E-state index in [0.717, 1.165) is 11.8 Å². The van der Waals surface area contributed by atoms with E-state index in [1.807, 2.05) is 0 Å². The molecular weight excluding hydrogens is 180 g/mol. The monoisotopic (exact) mass is 208 g/mol. The summed E-state index contributed by atoms with van der Waals surface area (Å²) in [4.78, 5) is 0. The van der Waals surface area contributed by atoms with E-state index >= 15 is 0 Å². The Bertz CT molecular complexity index is 186. The van der Waals surface area contributed by atoms with Crippen molar-refractivity contribution in [3.8, 4) is 0 Å². The highest BCUT2D eigenvalue weighted by Crippen LogP contribution is 2.43. The van der Waals surface area contributed by atoms with E-state index in [-0.39, 0.29) is 0 Å². The molecule has 0 nitrogen and oxygen atoms in total. The van der Waals surface area contributed by atoms with Gasteiger partial charge in [0.15, 0.2) is 0 Å². The maximum absolute atomic E-state index is 2.55. The van der Waals surface area contributed by atoms with Gasteiger partial charge in [-0.3, -0.25) is 0 Å². The normalized spacial score (nSPS) is 42.8. The highest BCUT2D eigenvalue weighted by molar-refractivity contribution is 4.82. The van der Waals surface area contributed by atoms with Crippen molar-refractivity contribution in [1.82, 2.24) is 0 Å². The molecule has 0 spiro atoms. The first kappa shape index (κ1) is 11.5. The van der Waals surface area contributed by atoms with Crippen LogP contribution in [0.5, 0.6) is 0 Å². The molecule has 1 unspecified atom stereocenters. The Balaban J connectivity index is 2.09. The minimum absolute atomic E-state index is 0.678. The highest BCUT2D eigenvalue weighted by atomic mass is 14.4. The lowest BCUT2D eigenvalue weighted by Crippen LogP contribution is -2.19. The minimum atomic E-state index is 0.678. The fourth-order valence-corrected chi connectivity index (χ4v) is 3.84. The van der Waals surface area contributed by atoms with E-state index in [1.54, 1.807) is 0 Å². The molecule has 1 atom stereocenters. The fraction of sp³-hybridized carbons (Fsp3) is 1.00. The number of hydrogen-bond donors (Lipinski definition) is 0. The van der Waals surface area contributed by atoms with Crippen molar-refractivity contribution >= 4 is 0 Å². The molecule has 0 aromatic rings. The number of fused-ring (bicyclic) bond motifs is 7. The quantitative estimate of drug-likeness (QED) is 0.557. The van der Waals surface area contributed by atoms with Crippen LogP contribution in [-0.2, 0) is 0 Å². The van der Waals surface area contributed by atoms with Crippen molar-refractivity contribution in [3.05, 3.63) is 0 Å². The molecule has 0 aromatic carbocycles. The van der Waals surface area contributed by atoms with Crippen LogP contribution in [-0.4, -0.2) is 0 Å². The molecule has 0 heterocycles. The fourth-order valence-electron chi connectivity index (χ4n) is 3.84. The van der Waals surface area contributed by atoms with Gasteiger partial charge in [-0.15, -0.1) is 0 Å². The molecule has 0 radical (unpaired) electrons. The van der Waals surface area contributed by atoms with Gasteiger partial charge in [0.05, 0.1) is 0 Å². The SMILES string of the molecule is CCC1(C)CCC2CCCC(CCC2)C1. The van der Waals surface area contributed by atoms with Crippen molar-refractivity contribution in [2.75, 3.05) is 0 Å². The summed E-state index contributed by atoms with van der Waals surface area (Å²) >= 11 is 0. The van der Waals surface area contributed by atoms with Gasteiger partial charge < -0.3 is 0 Å². The molecule has 0 saturated heterocycles. The largest absolute Gasteiger partial charge is 0.0649 e. The molecule has 3 fully saturated rings. The first-order valence-electron chi connectivity index (χ1n) is 7.22. The van der Waals surface area contributed by atoms with Gasteiger partial charge in [-0.2, -0.15) is 0 Å². The van der Waals surface area contributed by atoms with Gasteiger partial charge in [-0.05, 0) is 36.5 Å². The molecule has 2 bridgehead atoms. The van der Waals surface area contributed by atoms with E-state index < -0.39 is 0 Å². The van der Waals surface area contributed by atoms with E-state index in [0.29, 0.717) is 5.41 Å². The van der Waals surface area contributed by atoms with E-state index in [4.69, 9.17) is 0 Å². The van der Waals surface area contributed by atoms with Crippen LogP contribution in [0.1, 0.15) is 78.1 Å². The first-order chi connectivity index (χ1) is 7.22. The van der Waals surface area contributed by atoms with Crippen LogP contribution in [0, 0.1) is 17.3 Å². The zero-order valence-corrected chi connectivity index (χ0v) is 10.7. The highest BCUT2D eigenvalue weighted by Gasteiger charge is 2.30. The predicted octanol–water partition coefficient (Wildman–Crippen LogP) is 5.17. The second-order valence-corrected chi connectivity index (χ2v) is 6.50. The molecule has 3 aliphatic carbocycles. The summed E-state index contributed by atoms with van der Waals surface area (Å²) in [6.45, 7) is 4.95. The van der Waals surface area contributed by atoms with Crippen LogP contribution < -0.4 is 0 Å². The summed E-state index contributed by atoms with van der Waals surface area (Å²) < 4.78 is 0. The summed E-state index contributed by atoms with van der Waals surface area (Å²) in [5.41, 5.74) is 0.678. The van der Waals surface area contributed by atoms with Crippen molar-refractivity contribution in [2.45, 2.75) is 78.1 Å². The summed E-state index contributed by atoms with van der Waals surface area (Å²) in [5, 5.41) is 0. The third-order valence-corrected chi connectivity index (χ3v) is 5.24. The Hall–Kier alpha value is 0. The van der Waals surface area contributed by atoms with Gasteiger partial charge in [0.25, 0.3) is 0 Å². The average molecular weight is 208 g/mol. The van der Waals surface area contributed by atoms with Crippen LogP contribution in [0.25, 0.3) is 0 Å². The molecule has 0 aromatic heterocycles. The smallest absolute Gasteiger partial charge is 0.0326 e.